The van der Waals surface area contributed by atoms with Crippen LogP contribution in [0.5, 0.6) is 0 Å². The van der Waals surface area contributed by atoms with E-state index in [1.54, 1.807) is 12.1 Å². The Balaban J connectivity index is 1.58. The third kappa shape index (κ3) is 5.42. The van der Waals surface area contributed by atoms with Crippen LogP contribution >= 0.6 is 11.8 Å². The number of rotatable bonds is 7. The van der Waals surface area contributed by atoms with Crippen LogP contribution < -0.4 is 11.3 Å². The molecule has 2 aromatic carbocycles. The van der Waals surface area contributed by atoms with Crippen molar-refractivity contribution in [2.45, 2.75) is 17.8 Å². The van der Waals surface area contributed by atoms with E-state index in [4.69, 9.17) is 5.84 Å². The lowest BCUT2D eigenvalue weighted by atomic mass is 10.2. The average Bonchev–Trinajstić information content (AvgIpc) is 3.05. The van der Waals surface area contributed by atoms with Crippen LogP contribution in [0.3, 0.4) is 0 Å². The molecule has 138 valence electrons. The van der Waals surface area contributed by atoms with Crippen molar-refractivity contribution < 1.29 is 4.39 Å². The largest absolute Gasteiger partial charge is 0.334 e. The summed E-state index contributed by atoms with van der Waals surface area (Å²) >= 11 is 1.41. The lowest BCUT2D eigenvalue weighted by Crippen LogP contribution is -2.13. The van der Waals surface area contributed by atoms with Crippen LogP contribution in [0.1, 0.15) is 18.1 Å². The number of anilines is 1. The SMILES string of the molecule is CC(/C=C/c1ccccc1)=N\Nc1nnc(SCc2ccc(F)cc2)n1N. The predicted molar refractivity (Wildman–Crippen MR) is 108 cm³/mol. The monoisotopic (exact) mass is 382 g/mol. The van der Waals surface area contributed by atoms with Gasteiger partial charge in [-0.25, -0.2) is 14.5 Å². The van der Waals surface area contributed by atoms with Crippen LogP contribution in [0.15, 0.2) is 70.9 Å². The number of thioether (sulfide) groups is 1. The highest BCUT2D eigenvalue weighted by Gasteiger charge is 2.09. The lowest BCUT2D eigenvalue weighted by molar-refractivity contribution is 0.627. The summed E-state index contributed by atoms with van der Waals surface area (Å²) in [5.74, 6) is 6.69. The lowest BCUT2D eigenvalue weighted by Gasteiger charge is -2.03. The molecule has 0 saturated heterocycles. The summed E-state index contributed by atoms with van der Waals surface area (Å²) in [6.45, 7) is 1.87. The van der Waals surface area contributed by atoms with Gasteiger partial charge >= 0.3 is 0 Å². The number of hydrazone groups is 1. The third-order valence-electron chi connectivity index (χ3n) is 3.59. The summed E-state index contributed by atoms with van der Waals surface area (Å²) in [7, 11) is 0. The van der Waals surface area contributed by atoms with Gasteiger partial charge in [0.1, 0.15) is 5.82 Å². The van der Waals surface area contributed by atoms with Gasteiger partial charge in [-0.1, -0.05) is 60.3 Å². The van der Waals surface area contributed by atoms with Crippen molar-refractivity contribution in [1.29, 1.82) is 0 Å². The Hall–Kier alpha value is -3.13. The van der Waals surface area contributed by atoms with E-state index in [1.807, 2.05) is 49.4 Å². The molecule has 0 spiro atoms. The van der Waals surface area contributed by atoms with Gasteiger partial charge in [0.05, 0.1) is 5.71 Å². The van der Waals surface area contributed by atoms with Gasteiger partial charge in [0, 0.05) is 5.75 Å². The first-order valence-electron chi connectivity index (χ1n) is 8.23. The molecule has 0 saturated carbocycles. The first-order chi connectivity index (χ1) is 13.1. The normalized spacial score (nSPS) is 11.9. The number of allylic oxidation sites excluding steroid dienone is 1. The molecule has 27 heavy (non-hydrogen) atoms. The Morgan fingerprint density at radius 3 is 2.67 bits per heavy atom. The van der Waals surface area contributed by atoms with Crippen molar-refractivity contribution >= 4 is 29.5 Å². The standard InChI is InChI=1S/C19H19FN6S/c1-14(7-8-15-5-3-2-4-6-15)22-23-18-24-25-19(26(18)21)27-13-16-9-11-17(20)12-10-16/h2-12H,13,21H2,1H3,(H,23,24)/b8-7+,22-14+. The number of nitrogens with one attached hydrogen (secondary N) is 1. The highest BCUT2D eigenvalue weighted by atomic mass is 32.2. The van der Waals surface area contributed by atoms with E-state index in [1.165, 1.54) is 28.6 Å². The molecule has 0 aliphatic heterocycles. The Kier molecular flexibility index (Phi) is 6.22. The summed E-state index contributed by atoms with van der Waals surface area (Å²) in [4.78, 5) is 0. The Morgan fingerprint density at radius 1 is 1.19 bits per heavy atom. The van der Waals surface area contributed by atoms with Gasteiger partial charge in [0.25, 0.3) is 5.95 Å². The van der Waals surface area contributed by atoms with Crippen LogP contribution in [0.4, 0.5) is 10.3 Å². The molecule has 0 atom stereocenters. The summed E-state index contributed by atoms with van der Waals surface area (Å²) in [6.07, 6.45) is 3.86. The summed E-state index contributed by atoms with van der Waals surface area (Å²) < 4.78 is 14.3. The van der Waals surface area contributed by atoms with Gasteiger partial charge in [-0.15, -0.1) is 10.2 Å². The number of nitrogens with two attached hydrogens (primary N) is 1. The fraction of sp³-hybridized carbons (Fsp3) is 0.105. The quantitative estimate of drug-likeness (QED) is 0.280. The van der Waals surface area contributed by atoms with Crippen molar-refractivity contribution in [2.24, 2.45) is 5.10 Å². The molecule has 1 aromatic heterocycles. The van der Waals surface area contributed by atoms with E-state index in [0.29, 0.717) is 16.9 Å². The molecule has 8 heteroatoms. The van der Waals surface area contributed by atoms with Gasteiger partial charge in [-0.3, -0.25) is 0 Å². The summed E-state index contributed by atoms with van der Waals surface area (Å²) in [6, 6.07) is 16.3. The Labute approximate surface area is 161 Å². The van der Waals surface area contributed by atoms with Crippen LogP contribution in [0.25, 0.3) is 6.08 Å². The van der Waals surface area contributed by atoms with Gasteiger partial charge in [-0.2, -0.15) is 5.10 Å². The van der Waals surface area contributed by atoms with E-state index in [0.717, 1.165) is 16.8 Å². The summed E-state index contributed by atoms with van der Waals surface area (Å²) in [5, 5.41) is 12.8. The first-order valence-corrected chi connectivity index (χ1v) is 9.21. The molecule has 0 radical (unpaired) electrons. The Morgan fingerprint density at radius 2 is 1.93 bits per heavy atom. The first kappa shape index (κ1) is 18.7. The molecule has 3 N–H and O–H groups in total. The van der Waals surface area contributed by atoms with Crippen LogP contribution in [0.2, 0.25) is 0 Å². The molecular weight excluding hydrogens is 363 g/mol. The van der Waals surface area contributed by atoms with Crippen molar-refractivity contribution in [1.82, 2.24) is 14.9 Å². The zero-order valence-electron chi connectivity index (χ0n) is 14.7. The molecule has 0 fully saturated rings. The molecule has 3 rings (SSSR count). The molecule has 3 aromatic rings. The van der Waals surface area contributed by atoms with Crippen LogP contribution in [0, 0.1) is 5.82 Å². The number of nitrogens with zero attached hydrogens (tertiary/aromatic N) is 4. The molecule has 0 unspecified atom stereocenters. The second-order valence-corrected chi connectivity index (χ2v) is 6.64. The number of hydrogen-bond donors (Lipinski definition) is 2. The fourth-order valence-electron chi connectivity index (χ4n) is 2.14. The third-order valence-corrected chi connectivity index (χ3v) is 4.61. The van der Waals surface area contributed by atoms with Gasteiger partial charge < -0.3 is 5.84 Å². The number of halogens is 1. The molecule has 1 heterocycles. The molecule has 0 aliphatic rings. The van der Waals surface area contributed by atoms with Gasteiger partial charge in [-0.05, 0) is 36.3 Å². The van der Waals surface area contributed by atoms with E-state index in [-0.39, 0.29) is 5.82 Å². The molecule has 0 amide bonds. The number of aromatic nitrogens is 3. The van der Waals surface area contributed by atoms with Crippen LogP contribution in [-0.4, -0.2) is 20.6 Å². The van der Waals surface area contributed by atoms with Crippen molar-refractivity contribution in [3.8, 4) is 0 Å². The maximum Gasteiger partial charge on any atom is 0.264 e. The number of benzene rings is 2. The van der Waals surface area contributed by atoms with Crippen molar-refractivity contribution in [3.05, 3.63) is 77.6 Å². The minimum atomic E-state index is -0.258. The average molecular weight is 382 g/mol. The van der Waals surface area contributed by atoms with Gasteiger partial charge in [0.2, 0.25) is 5.16 Å². The minimum Gasteiger partial charge on any atom is -0.334 e. The minimum absolute atomic E-state index is 0.258. The maximum atomic E-state index is 12.9. The van der Waals surface area contributed by atoms with Crippen molar-refractivity contribution in [3.63, 3.8) is 0 Å². The van der Waals surface area contributed by atoms with E-state index in [2.05, 4.69) is 20.7 Å². The van der Waals surface area contributed by atoms with E-state index in [9.17, 15) is 4.39 Å². The highest BCUT2D eigenvalue weighted by molar-refractivity contribution is 7.98. The molecule has 0 aliphatic carbocycles. The fourth-order valence-corrected chi connectivity index (χ4v) is 2.95. The smallest absolute Gasteiger partial charge is 0.264 e. The predicted octanol–water partition coefficient (Wildman–Crippen LogP) is 3.92. The van der Waals surface area contributed by atoms with Gasteiger partial charge in [0.15, 0.2) is 0 Å². The molecule has 6 nitrogen and oxygen atoms in total. The number of nitrogen functional groups attached to an aromatic ring is 1. The topological polar surface area (TPSA) is 81.1 Å². The zero-order valence-corrected chi connectivity index (χ0v) is 15.5. The molecular formula is C19H19FN6S. The molecule has 0 bridgehead atoms. The highest BCUT2D eigenvalue weighted by Crippen LogP contribution is 2.21. The van der Waals surface area contributed by atoms with E-state index >= 15 is 0 Å². The summed E-state index contributed by atoms with van der Waals surface area (Å²) in [5.41, 5.74) is 5.64. The van der Waals surface area contributed by atoms with Crippen molar-refractivity contribution in [2.75, 3.05) is 11.3 Å². The second kappa shape index (κ2) is 9.00. The van der Waals surface area contributed by atoms with E-state index < -0.39 is 0 Å². The second-order valence-electron chi connectivity index (χ2n) is 5.70. The Bertz CT molecular complexity index is 935. The zero-order chi connectivity index (χ0) is 19.1. The maximum absolute atomic E-state index is 12.9. The van der Waals surface area contributed by atoms with Crippen LogP contribution in [-0.2, 0) is 5.75 Å². The number of hydrogen-bond acceptors (Lipinski definition) is 6.